The maximum atomic E-state index is 11.8. The molecule has 0 amide bonds. The summed E-state index contributed by atoms with van der Waals surface area (Å²) in [5.41, 5.74) is 5.65. The summed E-state index contributed by atoms with van der Waals surface area (Å²) in [4.78, 5) is 4.60. The number of ether oxygens (including phenoxy) is 1. The van der Waals surface area contributed by atoms with Crippen LogP contribution in [0.4, 0.5) is 5.69 Å². The van der Waals surface area contributed by atoms with Crippen molar-refractivity contribution in [1.29, 1.82) is 0 Å². The molecule has 0 aliphatic heterocycles. The third kappa shape index (κ3) is 4.33. The first-order valence-electron chi connectivity index (χ1n) is 8.78. The first kappa shape index (κ1) is 19.9. The Morgan fingerprint density at radius 1 is 1.07 bits per heavy atom. The van der Waals surface area contributed by atoms with Crippen molar-refractivity contribution >= 4 is 15.7 Å². The molecule has 3 rings (SSSR count). The van der Waals surface area contributed by atoms with Crippen LogP contribution in [0, 0.1) is 27.7 Å². The van der Waals surface area contributed by atoms with Gasteiger partial charge in [0.05, 0.1) is 17.6 Å². The summed E-state index contributed by atoms with van der Waals surface area (Å²) in [7, 11) is -1.65. The van der Waals surface area contributed by atoms with Gasteiger partial charge in [0.2, 0.25) is 15.9 Å². The van der Waals surface area contributed by atoms with Crippen molar-refractivity contribution in [3.63, 3.8) is 0 Å². The minimum atomic E-state index is -3.49. The quantitative estimate of drug-likeness (QED) is 0.702. The van der Waals surface area contributed by atoms with E-state index in [1.807, 2.05) is 53.1 Å². The van der Waals surface area contributed by atoms with Crippen LogP contribution in [0.2, 0.25) is 0 Å². The number of nitrogens with one attached hydrogen (secondary N) is 1. The third-order valence-corrected chi connectivity index (χ3v) is 4.84. The molecule has 1 aromatic carbocycles. The first-order valence-corrected chi connectivity index (χ1v) is 10.7. The molecule has 8 heteroatoms. The minimum Gasteiger partial charge on any atom is -0.436 e. The fraction of sp³-hybridized carbons (Fsp3) is 0.300. The zero-order chi connectivity index (χ0) is 20.6. The number of anilines is 1. The number of nitrogens with zero attached hydrogens (tertiary/aromatic N) is 3. The van der Waals surface area contributed by atoms with Gasteiger partial charge in [-0.25, -0.2) is 13.4 Å². The van der Waals surface area contributed by atoms with Crippen molar-refractivity contribution in [1.82, 2.24) is 14.8 Å². The van der Waals surface area contributed by atoms with Crippen molar-refractivity contribution in [3.8, 4) is 22.9 Å². The largest absolute Gasteiger partial charge is 0.436 e. The van der Waals surface area contributed by atoms with Crippen molar-refractivity contribution < 1.29 is 13.2 Å². The van der Waals surface area contributed by atoms with E-state index >= 15 is 0 Å². The van der Waals surface area contributed by atoms with E-state index in [9.17, 15) is 8.42 Å². The maximum absolute atomic E-state index is 11.8. The third-order valence-electron chi connectivity index (χ3n) is 4.25. The molecule has 2 aromatic heterocycles. The molecular formula is C20H24N4O3S. The maximum Gasteiger partial charge on any atom is 0.244 e. The minimum absolute atomic E-state index is 0.196. The summed E-state index contributed by atoms with van der Waals surface area (Å²) in [6, 6.07) is 7.44. The second-order valence-corrected chi connectivity index (χ2v) is 8.80. The Hall–Kier alpha value is -2.87. The molecule has 0 bridgehead atoms. The van der Waals surface area contributed by atoms with Crippen molar-refractivity contribution in [2.24, 2.45) is 7.05 Å². The van der Waals surface area contributed by atoms with Crippen LogP contribution in [-0.2, 0) is 17.1 Å². The molecule has 0 unspecified atom stereocenters. The number of pyridine rings is 1. The molecule has 3 aromatic rings. The first-order chi connectivity index (χ1) is 13.0. The molecule has 2 heterocycles. The van der Waals surface area contributed by atoms with Crippen molar-refractivity contribution in [2.75, 3.05) is 11.0 Å². The smallest absolute Gasteiger partial charge is 0.244 e. The van der Waals surface area contributed by atoms with Crippen LogP contribution in [0.3, 0.4) is 0 Å². The second-order valence-electron chi connectivity index (χ2n) is 7.06. The van der Waals surface area contributed by atoms with E-state index in [-0.39, 0.29) is 11.6 Å². The van der Waals surface area contributed by atoms with E-state index in [2.05, 4.69) is 14.8 Å². The summed E-state index contributed by atoms with van der Waals surface area (Å²) >= 11 is 0. The molecule has 0 aliphatic carbocycles. The molecule has 0 fully saturated rings. The predicted molar refractivity (Wildman–Crippen MR) is 110 cm³/mol. The molecule has 0 saturated heterocycles. The highest BCUT2D eigenvalue weighted by Gasteiger charge is 2.17. The standard InChI is InChI=1S/C20H24N4O3S/c1-12-9-13(2)19(14(3)10-12)27-20-18(23-28(6,25)26)8-7-17(21-20)16-11-24(5)22-15(16)4/h7-11,23H,1-6H3. The van der Waals surface area contributed by atoms with Crippen LogP contribution in [0.15, 0.2) is 30.5 Å². The molecule has 28 heavy (non-hydrogen) atoms. The highest BCUT2D eigenvalue weighted by Crippen LogP contribution is 2.35. The van der Waals surface area contributed by atoms with E-state index in [1.165, 1.54) is 0 Å². The average molecular weight is 401 g/mol. The molecule has 7 nitrogen and oxygen atoms in total. The number of aromatic nitrogens is 3. The molecular weight excluding hydrogens is 376 g/mol. The number of benzene rings is 1. The molecule has 148 valence electrons. The van der Waals surface area contributed by atoms with Gasteiger partial charge in [-0.05, 0) is 51.0 Å². The molecule has 0 atom stereocenters. The summed E-state index contributed by atoms with van der Waals surface area (Å²) in [5.74, 6) is 0.857. The number of hydrogen-bond donors (Lipinski definition) is 1. The van der Waals surface area contributed by atoms with Gasteiger partial charge in [-0.3, -0.25) is 9.40 Å². The molecule has 0 saturated carbocycles. The summed E-state index contributed by atoms with van der Waals surface area (Å²) in [6.45, 7) is 7.82. The molecule has 1 N–H and O–H groups in total. The monoisotopic (exact) mass is 400 g/mol. The van der Waals surface area contributed by atoms with E-state index < -0.39 is 10.0 Å². The topological polar surface area (TPSA) is 86.1 Å². The Bertz CT molecular complexity index is 1130. The Balaban J connectivity index is 2.13. The Labute approximate surface area is 165 Å². The van der Waals surface area contributed by atoms with Crippen molar-refractivity contribution in [2.45, 2.75) is 27.7 Å². The van der Waals surface area contributed by atoms with Crippen LogP contribution in [0.5, 0.6) is 11.6 Å². The zero-order valence-corrected chi connectivity index (χ0v) is 17.7. The van der Waals surface area contributed by atoms with Crippen LogP contribution in [0.25, 0.3) is 11.3 Å². The zero-order valence-electron chi connectivity index (χ0n) is 16.9. The molecule has 0 radical (unpaired) electrons. The van der Waals surface area contributed by atoms with E-state index in [1.54, 1.807) is 16.8 Å². The highest BCUT2D eigenvalue weighted by atomic mass is 32.2. The highest BCUT2D eigenvalue weighted by molar-refractivity contribution is 7.92. The number of rotatable bonds is 5. The van der Waals surface area contributed by atoms with Crippen LogP contribution in [0.1, 0.15) is 22.4 Å². The predicted octanol–water partition coefficient (Wildman–Crippen LogP) is 3.88. The Morgan fingerprint density at radius 2 is 1.71 bits per heavy atom. The van der Waals surface area contributed by atoms with Gasteiger partial charge < -0.3 is 4.74 Å². The lowest BCUT2D eigenvalue weighted by Gasteiger charge is -2.16. The normalized spacial score (nSPS) is 11.5. The van der Waals surface area contributed by atoms with Gasteiger partial charge in [-0.2, -0.15) is 5.10 Å². The second kappa shape index (κ2) is 7.27. The van der Waals surface area contributed by atoms with Crippen molar-refractivity contribution in [3.05, 3.63) is 52.8 Å². The SMILES string of the molecule is Cc1cc(C)c(Oc2nc(-c3cn(C)nc3C)ccc2NS(C)(=O)=O)c(C)c1. The lowest BCUT2D eigenvalue weighted by atomic mass is 10.1. The number of aryl methyl sites for hydroxylation is 5. The van der Waals surface area contributed by atoms with E-state index in [0.717, 1.165) is 34.2 Å². The summed E-state index contributed by atoms with van der Waals surface area (Å²) in [6.07, 6.45) is 2.96. The van der Waals surface area contributed by atoms with E-state index in [4.69, 9.17) is 4.74 Å². The van der Waals surface area contributed by atoms with Gasteiger partial charge in [-0.1, -0.05) is 17.7 Å². The fourth-order valence-corrected chi connectivity index (χ4v) is 3.78. The van der Waals surface area contributed by atoms with Gasteiger partial charge in [-0.15, -0.1) is 0 Å². The molecule has 0 spiro atoms. The lowest BCUT2D eigenvalue weighted by Crippen LogP contribution is -2.11. The number of sulfonamides is 1. The lowest BCUT2D eigenvalue weighted by molar-refractivity contribution is 0.459. The average Bonchev–Trinajstić information content (AvgIpc) is 2.89. The van der Waals surface area contributed by atoms with Gasteiger partial charge in [0.1, 0.15) is 11.4 Å². The summed E-state index contributed by atoms with van der Waals surface area (Å²) in [5, 5.41) is 4.35. The number of hydrogen-bond acceptors (Lipinski definition) is 5. The van der Waals surface area contributed by atoms with Crippen LogP contribution in [-0.4, -0.2) is 29.4 Å². The van der Waals surface area contributed by atoms with Crippen LogP contribution < -0.4 is 9.46 Å². The Kier molecular flexibility index (Phi) is 5.16. The Morgan fingerprint density at radius 3 is 2.25 bits per heavy atom. The fourth-order valence-electron chi connectivity index (χ4n) is 3.22. The van der Waals surface area contributed by atoms with Gasteiger partial charge >= 0.3 is 0 Å². The van der Waals surface area contributed by atoms with Gasteiger partial charge in [0, 0.05) is 18.8 Å². The molecule has 0 aliphatic rings. The van der Waals surface area contributed by atoms with E-state index in [0.29, 0.717) is 11.4 Å². The van der Waals surface area contributed by atoms with Crippen LogP contribution >= 0.6 is 0 Å². The summed E-state index contributed by atoms with van der Waals surface area (Å²) < 4.78 is 33.9. The van der Waals surface area contributed by atoms with Gasteiger partial charge in [0.25, 0.3) is 0 Å². The van der Waals surface area contributed by atoms with Gasteiger partial charge in [0.15, 0.2) is 0 Å².